The first kappa shape index (κ1) is 12.2. The van der Waals surface area contributed by atoms with Gasteiger partial charge in [0, 0.05) is 19.4 Å². The first-order valence-corrected chi connectivity index (χ1v) is 7.01. The van der Waals surface area contributed by atoms with Crippen molar-refractivity contribution in [2.45, 2.75) is 10.8 Å². The van der Waals surface area contributed by atoms with E-state index in [-0.39, 0.29) is 5.91 Å². The number of amides is 1. The van der Waals surface area contributed by atoms with Gasteiger partial charge in [0.1, 0.15) is 5.82 Å². The molecule has 1 amide bonds. The highest BCUT2D eigenvalue weighted by molar-refractivity contribution is 8.01. The number of imidazole rings is 1. The molecule has 0 aliphatic rings. The molecule has 0 fully saturated rings. The molecule has 6 heteroatoms. The molecular weight excluding hydrogens is 254 g/mol. The van der Waals surface area contributed by atoms with Gasteiger partial charge in [-0.2, -0.15) is 0 Å². The number of hydrogen-bond acceptors (Lipinski definition) is 4. The van der Waals surface area contributed by atoms with Crippen LogP contribution in [0.3, 0.4) is 0 Å². The molecule has 0 atom stereocenters. The molecule has 17 heavy (non-hydrogen) atoms. The SMILES string of the molecule is CN(Cc1ncc[nH]1)C(=O)CSc1cccs1. The van der Waals surface area contributed by atoms with Crippen LogP contribution in [0.25, 0.3) is 0 Å². The number of thiophene rings is 1. The average Bonchev–Trinajstić information content (AvgIpc) is 2.98. The first-order chi connectivity index (χ1) is 8.25. The third-order valence-corrected chi connectivity index (χ3v) is 4.32. The van der Waals surface area contributed by atoms with Crippen LogP contribution in [0.4, 0.5) is 0 Å². The topological polar surface area (TPSA) is 49.0 Å². The second kappa shape index (κ2) is 5.88. The minimum absolute atomic E-state index is 0.111. The molecule has 90 valence electrons. The molecule has 0 aromatic carbocycles. The smallest absolute Gasteiger partial charge is 0.233 e. The Kier molecular flexibility index (Phi) is 4.22. The van der Waals surface area contributed by atoms with Crippen LogP contribution in [0.1, 0.15) is 5.82 Å². The molecule has 0 bridgehead atoms. The van der Waals surface area contributed by atoms with Crippen LogP contribution < -0.4 is 0 Å². The summed E-state index contributed by atoms with van der Waals surface area (Å²) in [7, 11) is 1.79. The molecule has 0 radical (unpaired) electrons. The Morgan fingerprint density at radius 2 is 2.53 bits per heavy atom. The van der Waals surface area contributed by atoms with Gasteiger partial charge in [-0.05, 0) is 11.4 Å². The molecule has 4 nitrogen and oxygen atoms in total. The van der Waals surface area contributed by atoms with Gasteiger partial charge >= 0.3 is 0 Å². The number of aromatic nitrogens is 2. The van der Waals surface area contributed by atoms with Crippen molar-refractivity contribution in [2.24, 2.45) is 0 Å². The third kappa shape index (κ3) is 3.61. The van der Waals surface area contributed by atoms with E-state index in [2.05, 4.69) is 9.97 Å². The van der Waals surface area contributed by atoms with Gasteiger partial charge in [-0.25, -0.2) is 4.98 Å². The van der Waals surface area contributed by atoms with Gasteiger partial charge in [0.2, 0.25) is 5.91 Å². The summed E-state index contributed by atoms with van der Waals surface area (Å²) < 4.78 is 1.17. The predicted molar refractivity (Wildman–Crippen MR) is 70.1 cm³/mol. The number of carbonyl (C=O) groups is 1. The number of hydrogen-bond donors (Lipinski definition) is 1. The summed E-state index contributed by atoms with van der Waals surface area (Å²) in [5.41, 5.74) is 0. The molecule has 0 aliphatic heterocycles. The van der Waals surface area contributed by atoms with Crippen LogP contribution in [0, 0.1) is 0 Å². The van der Waals surface area contributed by atoms with Crippen molar-refractivity contribution in [1.82, 2.24) is 14.9 Å². The zero-order chi connectivity index (χ0) is 12.1. The highest BCUT2D eigenvalue weighted by atomic mass is 32.2. The maximum Gasteiger partial charge on any atom is 0.233 e. The summed E-state index contributed by atoms with van der Waals surface area (Å²) in [6, 6.07) is 4.01. The Labute approximate surface area is 108 Å². The Morgan fingerprint density at radius 1 is 1.65 bits per heavy atom. The van der Waals surface area contributed by atoms with Gasteiger partial charge in [-0.1, -0.05) is 6.07 Å². The molecule has 0 aliphatic carbocycles. The standard InChI is InChI=1S/C11H13N3OS2/c1-14(7-9-12-4-5-13-9)10(15)8-17-11-3-2-6-16-11/h2-6H,7-8H2,1H3,(H,12,13). The van der Waals surface area contributed by atoms with E-state index in [4.69, 9.17) is 0 Å². The fourth-order valence-corrected chi connectivity index (χ4v) is 3.01. The predicted octanol–water partition coefficient (Wildman–Crippen LogP) is 2.22. The minimum atomic E-state index is 0.111. The van der Waals surface area contributed by atoms with E-state index < -0.39 is 0 Å². The number of thioether (sulfide) groups is 1. The molecule has 0 saturated carbocycles. The number of nitrogens with one attached hydrogen (secondary N) is 1. The Morgan fingerprint density at radius 3 is 3.18 bits per heavy atom. The third-order valence-electron chi connectivity index (χ3n) is 2.20. The maximum atomic E-state index is 11.8. The van der Waals surface area contributed by atoms with Crippen LogP contribution in [-0.2, 0) is 11.3 Å². The number of aromatic amines is 1. The summed E-state index contributed by atoms with van der Waals surface area (Å²) in [5, 5.41) is 2.01. The molecule has 0 spiro atoms. The largest absolute Gasteiger partial charge is 0.347 e. The van der Waals surface area contributed by atoms with E-state index >= 15 is 0 Å². The Balaban J connectivity index is 1.79. The highest BCUT2D eigenvalue weighted by Gasteiger charge is 2.10. The normalized spacial score (nSPS) is 10.4. The van der Waals surface area contributed by atoms with Gasteiger partial charge in [0.25, 0.3) is 0 Å². The molecular formula is C11H13N3OS2. The molecule has 0 saturated heterocycles. The van der Waals surface area contributed by atoms with E-state index in [0.717, 1.165) is 5.82 Å². The van der Waals surface area contributed by atoms with Crippen molar-refractivity contribution < 1.29 is 4.79 Å². The van der Waals surface area contributed by atoms with Crippen molar-refractivity contribution in [3.63, 3.8) is 0 Å². The number of carbonyl (C=O) groups excluding carboxylic acids is 1. The minimum Gasteiger partial charge on any atom is -0.347 e. The van der Waals surface area contributed by atoms with Gasteiger partial charge in [-0.3, -0.25) is 4.79 Å². The van der Waals surface area contributed by atoms with Gasteiger partial charge in [0.05, 0.1) is 16.5 Å². The van der Waals surface area contributed by atoms with Crippen LogP contribution in [0.5, 0.6) is 0 Å². The molecule has 2 rings (SSSR count). The Bertz CT molecular complexity index is 453. The summed E-state index contributed by atoms with van der Waals surface area (Å²) in [6.07, 6.45) is 3.45. The summed E-state index contributed by atoms with van der Waals surface area (Å²) >= 11 is 3.23. The number of nitrogens with zero attached hydrogens (tertiary/aromatic N) is 2. The average molecular weight is 267 g/mol. The zero-order valence-electron chi connectivity index (χ0n) is 9.42. The van der Waals surface area contributed by atoms with E-state index in [9.17, 15) is 4.79 Å². The quantitative estimate of drug-likeness (QED) is 0.845. The van der Waals surface area contributed by atoms with Crippen LogP contribution in [-0.4, -0.2) is 33.6 Å². The monoisotopic (exact) mass is 267 g/mol. The fourth-order valence-electron chi connectivity index (χ4n) is 1.29. The van der Waals surface area contributed by atoms with E-state index in [1.165, 1.54) is 4.21 Å². The van der Waals surface area contributed by atoms with Crippen molar-refractivity contribution >= 4 is 29.0 Å². The molecule has 0 unspecified atom stereocenters. The lowest BCUT2D eigenvalue weighted by molar-refractivity contribution is -0.127. The second-order valence-electron chi connectivity index (χ2n) is 3.51. The summed E-state index contributed by atoms with van der Waals surface area (Å²) in [4.78, 5) is 20.6. The Hall–Kier alpha value is -1.27. The van der Waals surface area contributed by atoms with E-state index in [1.54, 1.807) is 47.4 Å². The maximum absolute atomic E-state index is 11.8. The molecule has 2 aromatic heterocycles. The van der Waals surface area contributed by atoms with Crippen molar-refractivity contribution in [1.29, 1.82) is 0 Å². The van der Waals surface area contributed by atoms with Gasteiger partial charge < -0.3 is 9.88 Å². The van der Waals surface area contributed by atoms with Gasteiger partial charge in [0.15, 0.2) is 0 Å². The lowest BCUT2D eigenvalue weighted by Gasteiger charge is -2.15. The number of rotatable bonds is 5. The summed E-state index contributed by atoms with van der Waals surface area (Å²) in [6.45, 7) is 0.525. The van der Waals surface area contributed by atoms with Crippen LogP contribution >= 0.6 is 23.1 Å². The lowest BCUT2D eigenvalue weighted by Crippen LogP contribution is -2.28. The van der Waals surface area contributed by atoms with Crippen molar-refractivity contribution in [2.75, 3.05) is 12.8 Å². The summed E-state index contributed by atoms with van der Waals surface area (Å²) in [5.74, 6) is 1.39. The van der Waals surface area contributed by atoms with Crippen LogP contribution in [0.2, 0.25) is 0 Å². The van der Waals surface area contributed by atoms with E-state index in [1.807, 2.05) is 17.5 Å². The van der Waals surface area contributed by atoms with Crippen molar-refractivity contribution in [3.8, 4) is 0 Å². The first-order valence-electron chi connectivity index (χ1n) is 5.14. The van der Waals surface area contributed by atoms with Crippen LogP contribution in [0.15, 0.2) is 34.1 Å². The zero-order valence-corrected chi connectivity index (χ0v) is 11.1. The second-order valence-corrected chi connectivity index (χ2v) is 5.73. The van der Waals surface area contributed by atoms with Crippen molar-refractivity contribution in [3.05, 3.63) is 35.7 Å². The molecule has 2 aromatic rings. The number of H-pyrrole nitrogens is 1. The highest BCUT2D eigenvalue weighted by Crippen LogP contribution is 2.23. The fraction of sp³-hybridized carbons (Fsp3) is 0.273. The molecule has 1 N–H and O–H groups in total. The van der Waals surface area contributed by atoms with Gasteiger partial charge in [-0.15, -0.1) is 23.1 Å². The lowest BCUT2D eigenvalue weighted by atomic mass is 10.5. The van der Waals surface area contributed by atoms with E-state index in [0.29, 0.717) is 12.3 Å². The molecule has 2 heterocycles.